The summed E-state index contributed by atoms with van der Waals surface area (Å²) in [6.45, 7) is 1.80. The molecule has 1 atom stereocenters. The van der Waals surface area contributed by atoms with Crippen LogP contribution >= 0.6 is 0 Å². The highest BCUT2D eigenvalue weighted by Gasteiger charge is 2.34. The number of amides is 2. The zero-order valence-corrected chi connectivity index (χ0v) is 26.3. The summed E-state index contributed by atoms with van der Waals surface area (Å²) in [7, 11) is -2.76. The van der Waals surface area contributed by atoms with Gasteiger partial charge < -0.3 is 15.0 Å². The molecule has 4 aromatic carbocycles. The second kappa shape index (κ2) is 15.9. The molecular weight excluding hydrogens is 593 g/mol. The van der Waals surface area contributed by atoms with E-state index in [0.29, 0.717) is 17.9 Å². The Labute approximate surface area is 264 Å². The van der Waals surface area contributed by atoms with Gasteiger partial charge in [0.25, 0.3) is 10.0 Å². The number of unbranched alkanes of at least 4 members (excludes halogenated alkanes) is 1. The molecule has 0 heterocycles. The van der Waals surface area contributed by atoms with E-state index in [1.54, 1.807) is 48.5 Å². The normalized spacial score (nSPS) is 11.8. The van der Waals surface area contributed by atoms with Gasteiger partial charge in [-0.2, -0.15) is 0 Å². The molecule has 0 spiro atoms. The molecule has 10 heteroatoms. The van der Waals surface area contributed by atoms with E-state index >= 15 is 0 Å². The monoisotopic (exact) mass is 631 g/mol. The first-order chi connectivity index (χ1) is 21.7. The summed E-state index contributed by atoms with van der Waals surface area (Å²) in [5, 5.41) is 2.95. The van der Waals surface area contributed by atoms with E-state index in [1.165, 1.54) is 42.3 Å². The first-order valence-electron chi connectivity index (χ1n) is 14.8. The molecule has 236 valence electrons. The minimum absolute atomic E-state index is 0.00356. The van der Waals surface area contributed by atoms with Gasteiger partial charge in [0.2, 0.25) is 11.8 Å². The zero-order chi connectivity index (χ0) is 32.2. The molecule has 0 radical (unpaired) electrons. The number of rotatable bonds is 15. The number of anilines is 1. The topological polar surface area (TPSA) is 96.0 Å². The standard InChI is InChI=1S/C35H38FN3O5S/c1-3-4-22-37-35(41)33(23-27-12-7-5-8-13-27)38(25-28-18-20-29(36)21-19-28)34(40)26-39(30-14-11-15-31(24-30)44-2)45(42,43)32-16-9-6-10-17-32/h5-21,24,33H,3-4,22-23,25-26H2,1-2H3,(H,37,41)/t33-/m0/s1. The molecule has 0 saturated carbocycles. The van der Waals surface area contributed by atoms with E-state index < -0.39 is 34.3 Å². The number of carbonyl (C=O) groups excluding carboxylic acids is 2. The predicted molar refractivity (Wildman–Crippen MR) is 173 cm³/mol. The SMILES string of the molecule is CCCCNC(=O)[C@H](Cc1ccccc1)N(Cc1ccc(F)cc1)C(=O)CN(c1cccc(OC)c1)S(=O)(=O)c1ccccc1. The Bertz CT molecular complexity index is 1650. The fraction of sp³-hybridized carbons (Fsp3) is 0.257. The summed E-state index contributed by atoms with van der Waals surface area (Å²) >= 11 is 0. The van der Waals surface area contributed by atoms with Crippen LogP contribution < -0.4 is 14.4 Å². The van der Waals surface area contributed by atoms with Crippen LogP contribution in [0.15, 0.2) is 114 Å². The van der Waals surface area contributed by atoms with Crippen LogP contribution in [0.1, 0.15) is 30.9 Å². The molecule has 2 amide bonds. The zero-order valence-electron chi connectivity index (χ0n) is 25.4. The van der Waals surface area contributed by atoms with Crippen molar-refractivity contribution in [3.63, 3.8) is 0 Å². The molecule has 8 nitrogen and oxygen atoms in total. The van der Waals surface area contributed by atoms with Gasteiger partial charge in [-0.3, -0.25) is 13.9 Å². The highest BCUT2D eigenvalue weighted by Crippen LogP contribution is 2.28. The Morgan fingerprint density at radius 3 is 2.18 bits per heavy atom. The Morgan fingerprint density at radius 1 is 0.867 bits per heavy atom. The van der Waals surface area contributed by atoms with E-state index in [2.05, 4.69) is 5.32 Å². The Morgan fingerprint density at radius 2 is 1.53 bits per heavy atom. The number of hydrogen-bond acceptors (Lipinski definition) is 5. The lowest BCUT2D eigenvalue weighted by Crippen LogP contribution is -2.53. The van der Waals surface area contributed by atoms with E-state index in [9.17, 15) is 22.4 Å². The molecule has 0 saturated heterocycles. The Balaban J connectivity index is 1.79. The highest BCUT2D eigenvalue weighted by atomic mass is 32.2. The first kappa shape index (κ1) is 33.2. The first-order valence-corrected chi connectivity index (χ1v) is 16.2. The smallest absolute Gasteiger partial charge is 0.264 e. The molecule has 4 aromatic rings. The van der Waals surface area contributed by atoms with Crippen molar-refractivity contribution < 1.29 is 27.1 Å². The van der Waals surface area contributed by atoms with Crippen molar-refractivity contribution >= 4 is 27.5 Å². The van der Waals surface area contributed by atoms with Crippen molar-refractivity contribution in [2.24, 2.45) is 0 Å². The third kappa shape index (κ3) is 8.92. The second-order valence-corrected chi connectivity index (χ2v) is 12.4. The molecule has 0 aliphatic carbocycles. The van der Waals surface area contributed by atoms with Crippen LogP contribution in [0.3, 0.4) is 0 Å². The fourth-order valence-corrected chi connectivity index (χ4v) is 6.29. The molecule has 0 aliphatic heterocycles. The van der Waals surface area contributed by atoms with Crippen LogP contribution in [0.4, 0.5) is 10.1 Å². The lowest BCUT2D eigenvalue weighted by Gasteiger charge is -2.34. The van der Waals surface area contributed by atoms with Crippen LogP contribution in [0.5, 0.6) is 5.75 Å². The largest absolute Gasteiger partial charge is 0.497 e. The third-order valence-electron chi connectivity index (χ3n) is 7.32. The van der Waals surface area contributed by atoms with Crippen LogP contribution in [-0.4, -0.2) is 51.4 Å². The number of halogens is 1. The van der Waals surface area contributed by atoms with Crippen molar-refractivity contribution in [3.05, 3.63) is 126 Å². The molecule has 4 rings (SSSR count). The van der Waals surface area contributed by atoms with Gasteiger partial charge in [0.1, 0.15) is 24.2 Å². The van der Waals surface area contributed by atoms with Crippen LogP contribution in [0, 0.1) is 5.82 Å². The lowest BCUT2D eigenvalue weighted by molar-refractivity contribution is -0.140. The maximum atomic E-state index is 14.4. The summed E-state index contributed by atoms with van der Waals surface area (Å²) in [5.74, 6) is -0.989. The average Bonchev–Trinajstić information content (AvgIpc) is 3.06. The van der Waals surface area contributed by atoms with Gasteiger partial charge in [0.05, 0.1) is 17.7 Å². The number of carbonyl (C=O) groups is 2. The van der Waals surface area contributed by atoms with Gasteiger partial charge in [-0.1, -0.05) is 80.1 Å². The van der Waals surface area contributed by atoms with Gasteiger partial charge in [0.15, 0.2) is 0 Å². The quantitative estimate of drug-likeness (QED) is 0.173. The summed E-state index contributed by atoms with van der Waals surface area (Å²) in [6, 6.07) is 28.3. The van der Waals surface area contributed by atoms with E-state index in [1.807, 2.05) is 37.3 Å². The average molecular weight is 632 g/mol. The summed E-state index contributed by atoms with van der Waals surface area (Å²) < 4.78 is 48.3. The van der Waals surface area contributed by atoms with Gasteiger partial charge in [0, 0.05) is 25.6 Å². The van der Waals surface area contributed by atoms with Crippen LogP contribution in [0.2, 0.25) is 0 Å². The minimum Gasteiger partial charge on any atom is -0.497 e. The maximum Gasteiger partial charge on any atom is 0.264 e. The van der Waals surface area contributed by atoms with Gasteiger partial charge in [-0.15, -0.1) is 0 Å². The van der Waals surface area contributed by atoms with Crippen molar-refractivity contribution in [3.8, 4) is 5.75 Å². The number of benzene rings is 4. The highest BCUT2D eigenvalue weighted by molar-refractivity contribution is 7.92. The molecule has 0 aromatic heterocycles. The number of nitrogens with one attached hydrogen (secondary N) is 1. The second-order valence-electron chi connectivity index (χ2n) is 10.5. The van der Waals surface area contributed by atoms with Crippen molar-refractivity contribution in [2.45, 2.75) is 43.7 Å². The Kier molecular flexibility index (Phi) is 11.7. The molecule has 0 bridgehead atoms. The van der Waals surface area contributed by atoms with E-state index in [4.69, 9.17) is 4.74 Å². The number of sulfonamides is 1. The summed E-state index contributed by atoms with van der Waals surface area (Å²) in [6.07, 6.45) is 1.82. The molecule has 0 unspecified atom stereocenters. The number of ether oxygens (including phenoxy) is 1. The maximum absolute atomic E-state index is 14.4. The van der Waals surface area contributed by atoms with Crippen LogP contribution in [0.25, 0.3) is 0 Å². The van der Waals surface area contributed by atoms with Gasteiger partial charge in [-0.25, -0.2) is 12.8 Å². The summed E-state index contributed by atoms with van der Waals surface area (Å²) in [4.78, 5) is 29.6. The van der Waals surface area contributed by atoms with Crippen molar-refractivity contribution in [1.82, 2.24) is 10.2 Å². The molecule has 1 N–H and O–H groups in total. The van der Waals surface area contributed by atoms with Crippen molar-refractivity contribution in [2.75, 3.05) is 24.5 Å². The summed E-state index contributed by atoms with van der Waals surface area (Å²) in [5.41, 5.74) is 1.63. The predicted octanol–water partition coefficient (Wildman–Crippen LogP) is 5.59. The minimum atomic E-state index is -4.23. The molecule has 45 heavy (non-hydrogen) atoms. The fourth-order valence-electron chi connectivity index (χ4n) is 4.86. The Hall–Kier alpha value is -4.70. The van der Waals surface area contributed by atoms with Gasteiger partial charge >= 0.3 is 0 Å². The van der Waals surface area contributed by atoms with Gasteiger partial charge in [-0.05, 0) is 53.9 Å². The van der Waals surface area contributed by atoms with Crippen molar-refractivity contribution in [1.29, 1.82) is 0 Å². The van der Waals surface area contributed by atoms with E-state index in [-0.39, 0.29) is 29.5 Å². The molecule has 0 fully saturated rings. The molecule has 0 aliphatic rings. The molecular formula is C35H38FN3O5S. The number of nitrogens with zero attached hydrogens (tertiary/aromatic N) is 2. The van der Waals surface area contributed by atoms with E-state index in [0.717, 1.165) is 22.7 Å². The lowest BCUT2D eigenvalue weighted by atomic mass is 10.0. The number of hydrogen-bond donors (Lipinski definition) is 1. The third-order valence-corrected chi connectivity index (χ3v) is 9.11. The number of methoxy groups -OCH3 is 1. The van der Waals surface area contributed by atoms with Crippen LogP contribution in [-0.2, 0) is 32.6 Å².